The van der Waals surface area contributed by atoms with E-state index in [1.807, 2.05) is 13.0 Å². The first-order valence-corrected chi connectivity index (χ1v) is 7.33. The van der Waals surface area contributed by atoms with Crippen LogP contribution >= 0.6 is 0 Å². The molecule has 0 aliphatic heterocycles. The second-order valence-corrected chi connectivity index (χ2v) is 4.68. The summed E-state index contributed by atoms with van der Waals surface area (Å²) >= 11 is 0. The minimum absolute atomic E-state index is 0.0167. The van der Waals surface area contributed by atoms with Crippen molar-refractivity contribution in [1.82, 2.24) is 9.97 Å². The van der Waals surface area contributed by atoms with E-state index in [9.17, 15) is 5.26 Å². The Morgan fingerprint density at radius 1 is 1.21 bits per heavy atom. The molecule has 0 aliphatic rings. The van der Waals surface area contributed by atoms with E-state index in [1.54, 1.807) is 18.2 Å². The number of benzene rings is 1. The first kappa shape index (κ1) is 17.3. The largest absolute Gasteiger partial charge is 0.493 e. The quantitative estimate of drug-likeness (QED) is 0.733. The number of hydrogen-bond donors (Lipinski definition) is 2. The molecule has 2 aromatic rings. The van der Waals surface area contributed by atoms with Gasteiger partial charge < -0.3 is 25.7 Å². The Labute approximate surface area is 140 Å². The van der Waals surface area contributed by atoms with Crippen LogP contribution in [0.25, 0.3) is 11.3 Å². The SMILES string of the molecule is CCOCCOc1c(OC)cccc1-c1nc(N)nc(N)c1C#N. The van der Waals surface area contributed by atoms with E-state index in [0.29, 0.717) is 42.6 Å². The highest BCUT2D eigenvalue weighted by molar-refractivity contribution is 5.79. The Kier molecular flexibility index (Phi) is 5.76. The molecule has 0 radical (unpaired) electrons. The molecule has 0 spiro atoms. The molecule has 24 heavy (non-hydrogen) atoms. The van der Waals surface area contributed by atoms with Gasteiger partial charge in [0.05, 0.1) is 19.4 Å². The van der Waals surface area contributed by atoms with Gasteiger partial charge >= 0.3 is 0 Å². The Bertz CT molecular complexity index is 758. The van der Waals surface area contributed by atoms with Crippen molar-refractivity contribution >= 4 is 11.8 Å². The first-order valence-electron chi connectivity index (χ1n) is 7.33. The third-order valence-corrected chi connectivity index (χ3v) is 3.20. The molecule has 126 valence electrons. The van der Waals surface area contributed by atoms with Crippen molar-refractivity contribution < 1.29 is 14.2 Å². The van der Waals surface area contributed by atoms with Crippen molar-refractivity contribution in [3.63, 3.8) is 0 Å². The first-order chi connectivity index (χ1) is 11.6. The minimum Gasteiger partial charge on any atom is -0.493 e. The van der Waals surface area contributed by atoms with E-state index in [0.717, 1.165) is 0 Å². The lowest BCUT2D eigenvalue weighted by Crippen LogP contribution is -2.09. The molecule has 0 atom stereocenters. The molecule has 0 amide bonds. The molecule has 0 saturated carbocycles. The number of aromatic nitrogens is 2. The number of nitriles is 1. The van der Waals surface area contributed by atoms with E-state index >= 15 is 0 Å². The molecular formula is C16H19N5O3. The number of methoxy groups -OCH3 is 1. The number of ether oxygens (including phenoxy) is 3. The van der Waals surface area contributed by atoms with Crippen LogP contribution in [-0.2, 0) is 4.74 Å². The van der Waals surface area contributed by atoms with Crippen LogP contribution in [0.1, 0.15) is 12.5 Å². The van der Waals surface area contributed by atoms with Crippen molar-refractivity contribution in [1.29, 1.82) is 5.26 Å². The lowest BCUT2D eigenvalue weighted by Gasteiger charge is -2.16. The third kappa shape index (κ3) is 3.64. The lowest BCUT2D eigenvalue weighted by molar-refractivity contribution is 0.109. The molecule has 0 unspecified atom stereocenters. The van der Waals surface area contributed by atoms with Gasteiger partial charge in [-0.05, 0) is 19.1 Å². The maximum Gasteiger partial charge on any atom is 0.222 e. The summed E-state index contributed by atoms with van der Waals surface area (Å²) < 4.78 is 16.4. The number of para-hydroxylation sites is 1. The van der Waals surface area contributed by atoms with E-state index in [2.05, 4.69) is 9.97 Å². The molecule has 0 aliphatic carbocycles. The van der Waals surface area contributed by atoms with Crippen LogP contribution in [-0.4, -0.2) is 36.9 Å². The summed E-state index contributed by atoms with van der Waals surface area (Å²) in [5.41, 5.74) is 12.4. The Morgan fingerprint density at radius 2 is 2.00 bits per heavy atom. The predicted octanol–water partition coefficient (Wildman–Crippen LogP) is 1.60. The van der Waals surface area contributed by atoms with Crippen molar-refractivity contribution in [2.45, 2.75) is 6.92 Å². The molecule has 1 heterocycles. The second-order valence-electron chi connectivity index (χ2n) is 4.68. The van der Waals surface area contributed by atoms with Crippen LogP contribution in [0.3, 0.4) is 0 Å². The summed E-state index contributed by atoms with van der Waals surface area (Å²) in [5.74, 6) is 0.935. The fourth-order valence-corrected chi connectivity index (χ4v) is 2.16. The molecule has 8 heteroatoms. The summed E-state index contributed by atoms with van der Waals surface area (Å²) in [6, 6.07) is 7.27. The topological polar surface area (TPSA) is 129 Å². The van der Waals surface area contributed by atoms with Crippen LogP contribution in [0.4, 0.5) is 11.8 Å². The molecule has 1 aromatic heterocycles. The zero-order chi connectivity index (χ0) is 17.5. The van der Waals surface area contributed by atoms with Crippen LogP contribution in [0.2, 0.25) is 0 Å². The van der Waals surface area contributed by atoms with Gasteiger partial charge in [-0.3, -0.25) is 0 Å². The average molecular weight is 329 g/mol. The monoisotopic (exact) mass is 329 g/mol. The zero-order valence-electron chi connectivity index (χ0n) is 13.6. The van der Waals surface area contributed by atoms with Crippen molar-refractivity contribution in [2.75, 3.05) is 38.4 Å². The van der Waals surface area contributed by atoms with Crippen molar-refractivity contribution in [2.24, 2.45) is 0 Å². The molecule has 0 fully saturated rings. The second kappa shape index (κ2) is 7.99. The van der Waals surface area contributed by atoms with Crippen LogP contribution in [0, 0.1) is 11.3 Å². The minimum atomic E-state index is -0.0235. The smallest absolute Gasteiger partial charge is 0.222 e. The normalized spacial score (nSPS) is 10.2. The Balaban J connectivity index is 2.53. The molecule has 0 saturated heterocycles. The van der Waals surface area contributed by atoms with Gasteiger partial charge in [0.15, 0.2) is 11.5 Å². The molecule has 8 nitrogen and oxygen atoms in total. The summed E-state index contributed by atoms with van der Waals surface area (Å²) in [5, 5.41) is 9.37. The number of hydrogen-bond acceptors (Lipinski definition) is 8. The Morgan fingerprint density at radius 3 is 2.67 bits per heavy atom. The standard InChI is InChI=1S/C16H19N5O3/c1-3-23-7-8-24-14-10(5-4-6-12(14)22-2)13-11(9-17)15(18)21-16(19)20-13/h4-6H,3,7-8H2,1-2H3,(H4,18,19,20,21). The number of nitrogens with two attached hydrogens (primary N) is 2. The summed E-state index contributed by atoms with van der Waals surface area (Å²) in [7, 11) is 1.53. The zero-order valence-corrected chi connectivity index (χ0v) is 13.6. The maximum absolute atomic E-state index is 9.37. The number of anilines is 2. The molecule has 1 aromatic carbocycles. The molecule has 4 N–H and O–H groups in total. The van der Waals surface area contributed by atoms with Gasteiger partial charge in [0.2, 0.25) is 5.95 Å². The molecular weight excluding hydrogens is 310 g/mol. The van der Waals surface area contributed by atoms with Gasteiger partial charge in [0, 0.05) is 12.2 Å². The van der Waals surface area contributed by atoms with E-state index < -0.39 is 0 Å². The van der Waals surface area contributed by atoms with Gasteiger partial charge in [-0.2, -0.15) is 10.2 Å². The molecule has 0 bridgehead atoms. The van der Waals surface area contributed by atoms with Crippen molar-refractivity contribution in [3.8, 4) is 28.8 Å². The van der Waals surface area contributed by atoms with Gasteiger partial charge in [0.1, 0.15) is 24.1 Å². The third-order valence-electron chi connectivity index (χ3n) is 3.20. The highest BCUT2D eigenvalue weighted by Gasteiger charge is 2.19. The fourth-order valence-electron chi connectivity index (χ4n) is 2.16. The lowest BCUT2D eigenvalue weighted by atomic mass is 10.1. The highest BCUT2D eigenvalue weighted by Crippen LogP contribution is 2.39. The van der Waals surface area contributed by atoms with Crippen LogP contribution in [0.15, 0.2) is 18.2 Å². The van der Waals surface area contributed by atoms with Crippen LogP contribution in [0.5, 0.6) is 11.5 Å². The van der Waals surface area contributed by atoms with Gasteiger partial charge in [-0.15, -0.1) is 0 Å². The molecule has 2 rings (SSSR count). The fraction of sp³-hybridized carbons (Fsp3) is 0.312. The van der Waals surface area contributed by atoms with E-state index in [1.165, 1.54) is 7.11 Å². The van der Waals surface area contributed by atoms with E-state index in [-0.39, 0.29) is 17.3 Å². The highest BCUT2D eigenvalue weighted by atomic mass is 16.5. The predicted molar refractivity (Wildman–Crippen MR) is 89.5 cm³/mol. The van der Waals surface area contributed by atoms with Crippen molar-refractivity contribution in [3.05, 3.63) is 23.8 Å². The van der Waals surface area contributed by atoms with Gasteiger partial charge in [0.25, 0.3) is 0 Å². The average Bonchev–Trinajstić information content (AvgIpc) is 2.58. The Hall–Kier alpha value is -3.05. The van der Waals surface area contributed by atoms with Gasteiger partial charge in [-0.1, -0.05) is 6.07 Å². The van der Waals surface area contributed by atoms with Gasteiger partial charge in [-0.25, -0.2) is 4.98 Å². The van der Waals surface area contributed by atoms with E-state index in [4.69, 9.17) is 25.7 Å². The summed E-state index contributed by atoms with van der Waals surface area (Å²) in [6.07, 6.45) is 0. The number of rotatable bonds is 7. The summed E-state index contributed by atoms with van der Waals surface area (Å²) in [6.45, 7) is 3.24. The van der Waals surface area contributed by atoms with Crippen LogP contribution < -0.4 is 20.9 Å². The maximum atomic E-state index is 9.37. The summed E-state index contributed by atoms with van der Waals surface area (Å²) in [4.78, 5) is 7.97. The number of nitrogen functional groups attached to an aromatic ring is 2. The number of nitrogens with zero attached hydrogens (tertiary/aromatic N) is 3.